The number of hydrogen-bond donors (Lipinski definition) is 1. The van der Waals surface area contributed by atoms with Gasteiger partial charge in [0.15, 0.2) is 0 Å². The number of nitrogens with one attached hydrogen (secondary N) is 1. The molecule has 3 amide bonds. The van der Waals surface area contributed by atoms with Gasteiger partial charge in [-0.3, -0.25) is 14.4 Å². The van der Waals surface area contributed by atoms with Crippen molar-refractivity contribution < 1.29 is 28.3 Å². The highest BCUT2D eigenvalue weighted by atomic mass is 19.1. The van der Waals surface area contributed by atoms with Gasteiger partial charge in [-0.2, -0.15) is 0 Å². The fourth-order valence-electron chi connectivity index (χ4n) is 5.90. The van der Waals surface area contributed by atoms with Crippen molar-refractivity contribution in [3.05, 3.63) is 41.3 Å². The Morgan fingerprint density at radius 1 is 1.07 bits per heavy atom. The third kappa shape index (κ3) is 6.63. The van der Waals surface area contributed by atoms with Gasteiger partial charge in [-0.05, 0) is 49.5 Å². The number of piperazine rings is 1. The van der Waals surface area contributed by atoms with Crippen LogP contribution in [0.1, 0.15) is 68.4 Å². The summed E-state index contributed by atoms with van der Waals surface area (Å²) < 4.78 is 20.6. The second-order valence-electron chi connectivity index (χ2n) is 11.2. The second-order valence-corrected chi connectivity index (χ2v) is 11.2. The number of halogens is 1. The molecule has 2 fully saturated rings. The zero-order chi connectivity index (χ0) is 29.7. The molecule has 0 radical (unpaired) electrons. The molecule has 41 heavy (non-hydrogen) atoms. The lowest BCUT2D eigenvalue weighted by atomic mass is 9.83. The van der Waals surface area contributed by atoms with Crippen LogP contribution in [-0.2, 0) is 26.2 Å². The van der Waals surface area contributed by atoms with Crippen molar-refractivity contribution in [1.82, 2.24) is 19.7 Å². The Labute approximate surface area is 240 Å². The van der Waals surface area contributed by atoms with E-state index in [-0.39, 0.29) is 29.6 Å². The minimum atomic E-state index is -0.586. The molecule has 2 heterocycles. The molecule has 2 aromatic rings. The zero-order valence-electron chi connectivity index (χ0n) is 24.5. The summed E-state index contributed by atoms with van der Waals surface area (Å²) in [6.07, 6.45) is 8.49. The minimum absolute atomic E-state index is 0.0811. The van der Waals surface area contributed by atoms with Gasteiger partial charge in [-0.1, -0.05) is 33.1 Å². The lowest BCUT2D eigenvalue weighted by Gasteiger charge is -2.39. The van der Waals surface area contributed by atoms with Crippen molar-refractivity contribution in [2.75, 3.05) is 33.3 Å². The molecule has 1 aromatic heterocycles. The highest BCUT2D eigenvalue weighted by Crippen LogP contribution is 2.30. The molecule has 1 aliphatic heterocycles. The van der Waals surface area contributed by atoms with E-state index >= 15 is 0 Å². The van der Waals surface area contributed by atoms with E-state index in [0.717, 1.165) is 32.1 Å². The number of methoxy groups -OCH3 is 1. The number of nitrogens with zero attached hydrogens (tertiary/aromatic N) is 3. The summed E-state index contributed by atoms with van der Waals surface area (Å²) in [5.41, 5.74) is 1.41. The van der Waals surface area contributed by atoms with Gasteiger partial charge in [-0.15, -0.1) is 0 Å². The van der Waals surface area contributed by atoms with Crippen molar-refractivity contribution >= 4 is 40.7 Å². The first-order valence-corrected chi connectivity index (χ1v) is 14.6. The van der Waals surface area contributed by atoms with Gasteiger partial charge in [0.1, 0.15) is 17.6 Å². The van der Waals surface area contributed by atoms with Gasteiger partial charge in [-0.25, -0.2) is 9.18 Å². The normalized spacial score (nSPS) is 18.0. The Kier molecular flexibility index (Phi) is 9.83. The third-order valence-corrected chi connectivity index (χ3v) is 8.61. The molecule has 1 aliphatic carbocycles. The number of aryl methyl sites for hydroxylation is 1. The molecule has 0 bridgehead atoms. The smallest absolute Gasteiger partial charge is 0.330 e. The number of fused-ring (bicyclic) bond motifs is 1. The third-order valence-electron chi connectivity index (χ3n) is 8.61. The van der Waals surface area contributed by atoms with Gasteiger partial charge >= 0.3 is 5.97 Å². The van der Waals surface area contributed by atoms with E-state index in [1.807, 2.05) is 13.8 Å². The first kappa shape index (κ1) is 30.3. The maximum atomic E-state index is 14.2. The van der Waals surface area contributed by atoms with Crippen LogP contribution < -0.4 is 5.32 Å². The van der Waals surface area contributed by atoms with Crippen molar-refractivity contribution in [2.45, 2.75) is 58.4 Å². The maximum absolute atomic E-state index is 14.2. The zero-order valence-corrected chi connectivity index (χ0v) is 24.5. The number of amides is 3. The van der Waals surface area contributed by atoms with Crippen LogP contribution in [0.2, 0.25) is 0 Å². The Morgan fingerprint density at radius 3 is 2.37 bits per heavy atom. The van der Waals surface area contributed by atoms with E-state index in [9.17, 15) is 23.6 Å². The summed E-state index contributed by atoms with van der Waals surface area (Å²) in [7, 11) is 2.99. The van der Waals surface area contributed by atoms with E-state index in [1.54, 1.807) is 27.5 Å². The molecule has 222 valence electrons. The monoisotopic (exact) mass is 568 g/mol. The molecule has 1 aromatic carbocycles. The number of carbonyl (C=O) groups excluding carboxylic acids is 4. The van der Waals surface area contributed by atoms with E-state index < -0.39 is 17.8 Å². The molecule has 1 N–H and O–H groups in total. The lowest BCUT2D eigenvalue weighted by Crippen LogP contribution is -2.58. The van der Waals surface area contributed by atoms with Crippen LogP contribution in [0.4, 0.5) is 4.39 Å². The Balaban J connectivity index is 1.53. The van der Waals surface area contributed by atoms with Crippen LogP contribution in [0.3, 0.4) is 0 Å². The second kappa shape index (κ2) is 13.3. The molecule has 2 aliphatic rings. The van der Waals surface area contributed by atoms with E-state index in [2.05, 4.69) is 5.32 Å². The lowest BCUT2D eigenvalue weighted by molar-refractivity contribution is -0.140. The van der Waals surface area contributed by atoms with Crippen LogP contribution >= 0.6 is 0 Å². The molecular formula is C31H41FN4O5. The molecule has 1 saturated heterocycles. The highest BCUT2D eigenvalue weighted by molar-refractivity contribution is 6.06. The summed E-state index contributed by atoms with van der Waals surface area (Å²) in [5.74, 6) is -1.53. The quantitative estimate of drug-likeness (QED) is 0.385. The Morgan fingerprint density at radius 2 is 1.73 bits per heavy atom. The van der Waals surface area contributed by atoms with Crippen LogP contribution in [0, 0.1) is 17.7 Å². The predicted molar refractivity (Wildman–Crippen MR) is 154 cm³/mol. The van der Waals surface area contributed by atoms with Crippen LogP contribution in [0.25, 0.3) is 17.0 Å². The average Bonchev–Trinajstić information content (AvgIpc) is 3.27. The van der Waals surface area contributed by atoms with Gasteiger partial charge in [0, 0.05) is 61.7 Å². The Hall–Kier alpha value is -3.69. The van der Waals surface area contributed by atoms with Crippen molar-refractivity contribution in [2.24, 2.45) is 18.9 Å². The fraction of sp³-hybridized carbons (Fsp3) is 0.548. The minimum Gasteiger partial charge on any atom is -0.466 e. The van der Waals surface area contributed by atoms with Crippen molar-refractivity contribution in [3.8, 4) is 0 Å². The average molecular weight is 569 g/mol. The largest absolute Gasteiger partial charge is 0.466 e. The predicted octanol–water partition coefficient (Wildman–Crippen LogP) is 3.90. The molecule has 0 unspecified atom stereocenters. The SMILES string of the molecule is CC[C@@H](C)C(=O)N[C@H](C(=O)N1CCN(C(=O)c2c(/C=C/C(=O)OC)c3cc(F)ccc3n2C)CC1)C1CCCCC1. The van der Waals surface area contributed by atoms with Crippen molar-refractivity contribution in [1.29, 1.82) is 0 Å². The number of hydrogen-bond acceptors (Lipinski definition) is 5. The number of carbonyl (C=O) groups is 4. The van der Waals surface area contributed by atoms with Gasteiger partial charge in [0.05, 0.1) is 7.11 Å². The Bertz CT molecular complexity index is 1320. The fourth-order valence-corrected chi connectivity index (χ4v) is 5.90. The number of esters is 1. The maximum Gasteiger partial charge on any atom is 0.330 e. The molecule has 2 atom stereocenters. The number of rotatable bonds is 8. The summed E-state index contributed by atoms with van der Waals surface area (Å²) in [6, 6.07) is 3.73. The first-order chi connectivity index (χ1) is 19.7. The van der Waals surface area contributed by atoms with Crippen molar-refractivity contribution in [3.63, 3.8) is 0 Å². The first-order valence-electron chi connectivity index (χ1n) is 14.6. The van der Waals surface area contributed by atoms with E-state index in [4.69, 9.17) is 4.74 Å². The summed E-state index contributed by atoms with van der Waals surface area (Å²) in [4.78, 5) is 55.6. The topological polar surface area (TPSA) is 101 Å². The van der Waals surface area contributed by atoms with Crippen LogP contribution in [-0.4, -0.2) is 77.4 Å². The highest BCUT2D eigenvalue weighted by Gasteiger charge is 2.36. The molecule has 10 heteroatoms. The van der Waals surface area contributed by atoms with Gasteiger partial charge in [0.25, 0.3) is 5.91 Å². The molecule has 1 saturated carbocycles. The number of ether oxygens (including phenoxy) is 1. The summed E-state index contributed by atoms with van der Waals surface area (Å²) in [5, 5.41) is 3.58. The number of aromatic nitrogens is 1. The molecule has 0 spiro atoms. The summed E-state index contributed by atoms with van der Waals surface area (Å²) >= 11 is 0. The van der Waals surface area contributed by atoms with E-state index in [1.165, 1.54) is 31.4 Å². The molecule has 4 rings (SSSR count). The van der Waals surface area contributed by atoms with Gasteiger partial charge in [0.2, 0.25) is 11.8 Å². The van der Waals surface area contributed by atoms with Crippen LogP contribution in [0.5, 0.6) is 0 Å². The molecule has 9 nitrogen and oxygen atoms in total. The summed E-state index contributed by atoms with van der Waals surface area (Å²) in [6.45, 7) is 5.16. The molecular weight excluding hydrogens is 527 g/mol. The van der Waals surface area contributed by atoms with Gasteiger partial charge < -0.3 is 24.4 Å². The van der Waals surface area contributed by atoms with Crippen LogP contribution in [0.15, 0.2) is 24.3 Å². The number of benzene rings is 1. The van der Waals surface area contributed by atoms with E-state index in [0.29, 0.717) is 54.8 Å². The standard InChI is InChI=1S/C31H41FN4O5/c1-5-20(2)29(38)33-27(21-9-7-6-8-10-21)30(39)35-15-17-36(18-16-35)31(40)28-23(12-14-26(37)41-4)24-19-22(32)11-13-25(24)34(28)3/h11-14,19-21,27H,5-10,15-18H2,1-4H3,(H,33,38)/b14-12+/t20-,27+/m1/s1.